The van der Waals surface area contributed by atoms with Crippen molar-refractivity contribution >= 4 is 14.1 Å². The van der Waals surface area contributed by atoms with Crippen molar-refractivity contribution in [3.63, 3.8) is 0 Å². The van der Waals surface area contributed by atoms with Crippen LogP contribution in [0.1, 0.15) is 67.2 Å². The van der Waals surface area contributed by atoms with Crippen molar-refractivity contribution in [1.29, 1.82) is 0 Å². The van der Waals surface area contributed by atoms with Gasteiger partial charge >= 0.3 is 0 Å². The van der Waals surface area contributed by atoms with E-state index in [1.165, 1.54) is 0 Å². The Kier molecular flexibility index (Phi) is 4.46. The minimum Gasteiger partial charge on any atom is -0.413 e. The summed E-state index contributed by atoms with van der Waals surface area (Å²) in [7, 11) is -1.90. The number of rotatable bonds is 3. The Morgan fingerprint density at radius 1 is 1.32 bits per heavy atom. The molecule has 0 aromatic rings. The Hall–Kier alpha value is -0.453. The van der Waals surface area contributed by atoms with E-state index in [1.807, 2.05) is 13.0 Å². The van der Waals surface area contributed by atoms with Crippen molar-refractivity contribution in [3.05, 3.63) is 11.6 Å². The van der Waals surface area contributed by atoms with E-state index in [1.54, 1.807) is 0 Å². The number of hydrogen-bond acceptors (Lipinski definition) is 3. The number of carbonyl (C=O) groups excluding carboxylic acids is 1. The second kappa shape index (κ2) is 5.77. The fourth-order valence-electron chi connectivity index (χ4n) is 5.24. The highest BCUT2D eigenvalue weighted by molar-refractivity contribution is 6.74. The Morgan fingerprint density at radius 2 is 1.96 bits per heavy atom. The molecule has 3 aliphatic rings. The Balaban J connectivity index is 2.03. The topological polar surface area (TPSA) is 35.5 Å². The van der Waals surface area contributed by atoms with E-state index in [0.29, 0.717) is 5.92 Å². The summed E-state index contributed by atoms with van der Waals surface area (Å²) in [5.74, 6) is 0.525. The van der Waals surface area contributed by atoms with Crippen LogP contribution in [0.15, 0.2) is 11.6 Å². The van der Waals surface area contributed by atoms with Gasteiger partial charge in [0.25, 0.3) is 0 Å². The number of fused-ring (bicyclic) bond motifs is 1. The molecule has 5 atom stereocenters. The first-order chi connectivity index (χ1) is 11.4. The van der Waals surface area contributed by atoms with Gasteiger partial charge in [-0.15, -0.1) is 0 Å². The first-order valence-corrected chi connectivity index (χ1v) is 12.9. The zero-order valence-electron chi connectivity index (χ0n) is 17.4. The number of hydrogen-bond donors (Lipinski definition) is 0. The molecule has 0 amide bonds. The van der Waals surface area contributed by atoms with Gasteiger partial charge in [0, 0.05) is 5.41 Å². The smallest absolute Gasteiger partial charge is 0.192 e. The van der Waals surface area contributed by atoms with E-state index in [0.717, 1.165) is 31.3 Å². The molecule has 1 saturated carbocycles. The van der Waals surface area contributed by atoms with Gasteiger partial charge in [-0.2, -0.15) is 0 Å². The molecule has 0 aromatic heterocycles. The summed E-state index contributed by atoms with van der Waals surface area (Å²) in [6.45, 7) is 17.9. The molecule has 1 spiro atoms. The van der Waals surface area contributed by atoms with Crippen molar-refractivity contribution in [2.24, 2.45) is 11.3 Å². The lowest BCUT2D eigenvalue weighted by atomic mass is 9.55. The molecule has 4 heteroatoms. The lowest BCUT2D eigenvalue weighted by molar-refractivity contribution is -0.185. The molecule has 142 valence electrons. The maximum Gasteiger partial charge on any atom is 0.192 e. The molecule has 25 heavy (non-hydrogen) atoms. The zero-order chi connectivity index (χ0) is 18.8. The number of ketones is 1. The molecule has 2 bridgehead atoms. The standard InChI is InChI=1S/C21H36O3Si/c1-9-15-10-11-17(24-25(7,8)19(3,4)5)20(6)13-16-12-14(2)18(22)21(15,20)23-16/h12,15-17H,9-11,13H2,1-8H3/t15-,16+,17-,20+,21+/m0/s1. The van der Waals surface area contributed by atoms with Crippen LogP contribution in [0, 0.1) is 11.3 Å². The monoisotopic (exact) mass is 364 g/mol. The molecule has 2 heterocycles. The maximum absolute atomic E-state index is 13.4. The van der Waals surface area contributed by atoms with Gasteiger partial charge in [0.2, 0.25) is 0 Å². The number of carbonyl (C=O) groups is 1. The summed E-state index contributed by atoms with van der Waals surface area (Å²) < 4.78 is 13.4. The summed E-state index contributed by atoms with van der Waals surface area (Å²) in [6.07, 6.45) is 6.21. The van der Waals surface area contributed by atoms with Gasteiger partial charge in [0.05, 0.1) is 12.2 Å². The van der Waals surface area contributed by atoms with Crippen LogP contribution in [0.3, 0.4) is 0 Å². The fraction of sp³-hybridized carbons (Fsp3) is 0.857. The van der Waals surface area contributed by atoms with E-state index >= 15 is 0 Å². The SMILES string of the molecule is CC[C@H]1CC[C@H](O[Si](C)(C)C(C)(C)C)[C@@]2(C)C[C@H]3C=C(C)C(=O)[C@]12O3. The third-order valence-corrected chi connectivity index (χ3v) is 12.2. The van der Waals surface area contributed by atoms with Crippen molar-refractivity contribution in [1.82, 2.24) is 0 Å². The molecule has 0 N–H and O–H groups in total. The first-order valence-electron chi connectivity index (χ1n) is 9.98. The third-order valence-electron chi connectivity index (χ3n) is 7.74. The molecule has 2 aliphatic heterocycles. The van der Waals surface area contributed by atoms with Crippen LogP contribution in [-0.2, 0) is 14.0 Å². The van der Waals surface area contributed by atoms with Crippen LogP contribution < -0.4 is 0 Å². The van der Waals surface area contributed by atoms with Crippen molar-refractivity contribution in [2.75, 3.05) is 0 Å². The molecule has 1 saturated heterocycles. The van der Waals surface area contributed by atoms with Gasteiger partial charge in [-0.3, -0.25) is 4.79 Å². The summed E-state index contributed by atoms with van der Waals surface area (Å²) in [6, 6.07) is 0. The molecule has 0 radical (unpaired) electrons. The van der Waals surface area contributed by atoms with Crippen LogP contribution in [0.4, 0.5) is 0 Å². The molecule has 3 nitrogen and oxygen atoms in total. The van der Waals surface area contributed by atoms with Crippen LogP contribution >= 0.6 is 0 Å². The summed E-state index contributed by atoms with van der Waals surface area (Å²) >= 11 is 0. The first kappa shape index (κ1) is 19.3. The van der Waals surface area contributed by atoms with E-state index in [4.69, 9.17) is 9.16 Å². The van der Waals surface area contributed by atoms with Gasteiger partial charge in [-0.1, -0.05) is 41.0 Å². The second-order valence-corrected chi connectivity index (χ2v) is 15.0. The van der Waals surface area contributed by atoms with E-state index < -0.39 is 13.9 Å². The van der Waals surface area contributed by atoms with Gasteiger partial charge in [-0.05, 0) is 61.9 Å². The van der Waals surface area contributed by atoms with Crippen LogP contribution in [-0.4, -0.2) is 31.9 Å². The average Bonchev–Trinajstić information content (AvgIpc) is 2.75. The van der Waals surface area contributed by atoms with E-state index in [2.05, 4.69) is 47.7 Å². The largest absolute Gasteiger partial charge is 0.413 e. The lowest BCUT2D eigenvalue weighted by Gasteiger charge is -2.56. The minimum absolute atomic E-state index is 0.0698. The van der Waals surface area contributed by atoms with Gasteiger partial charge < -0.3 is 9.16 Å². The molecule has 2 fully saturated rings. The molecular formula is C21H36O3Si. The highest BCUT2D eigenvalue weighted by Gasteiger charge is 2.70. The molecule has 1 aliphatic carbocycles. The van der Waals surface area contributed by atoms with E-state index in [-0.39, 0.29) is 28.4 Å². The molecular weight excluding hydrogens is 328 g/mol. The fourth-order valence-corrected chi connectivity index (χ4v) is 6.69. The van der Waals surface area contributed by atoms with Gasteiger partial charge in [0.1, 0.15) is 5.60 Å². The Labute approximate surface area is 154 Å². The average molecular weight is 365 g/mol. The lowest BCUT2D eigenvalue weighted by Crippen LogP contribution is -2.65. The van der Waals surface area contributed by atoms with Crippen LogP contribution in [0.5, 0.6) is 0 Å². The number of Topliss-reactive ketones (excluding diaryl/α,β-unsaturated/α-hetero) is 1. The molecule has 0 unspecified atom stereocenters. The predicted molar refractivity (Wildman–Crippen MR) is 104 cm³/mol. The quantitative estimate of drug-likeness (QED) is 0.641. The second-order valence-electron chi connectivity index (χ2n) is 10.2. The normalized spacial score (nSPS) is 41.5. The zero-order valence-corrected chi connectivity index (χ0v) is 18.4. The van der Waals surface area contributed by atoms with Gasteiger partial charge in [0.15, 0.2) is 14.1 Å². The van der Waals surface area contributed by atoms with Crippen LogP contribution in [0.2, 0.25) is 18.1 Å². The summed E-state index contributed by atoms with van der Waals surface area (Å²) in [5.41, 5.74) is -0.0000374. The Morgan fingerprint density at radius 3 is 2.52 bits per heavy atom. The highest BCUT2D eigenvalue weighted by Crippen LogP contribution is 2.62. The van der Waals surface area contributed by atoms with Crippen molar-refractivity contribution in [2.45, 2.75) is 103 Å². The number of ether oxygens (including phenoxy) is 1. The maximum atomic E-state index is 13.4. The molecule has 3 rings (SSSR count). The van der Waals surface area contributed by atoms with Gasteiger partial charge in [-0.25, -0.2) is 0 Å². The minimum atomic E-state index is -1.90. The summed E-state index contributed by atoms with van der Waals surface area (Å²) in [4.78, 5) is 13.4. The summed E-state index contributed by atoms with van der Waals surface area (Å²) in [5, 5.41) is 0.171. The third kappa shape index (κ3) is 2.54. The van der Waals surface area contributed by atoms with Crippen molar-refractivity contribution in [3.8, 4) is 0 Å². The predicted octanol–water partition coefficient (Wildman–Crippen LogP) is 5.26. The molecule has 0 aromatic carbocycles. The van der Waals surface area contributed by atoms with Crippen LogP contribution in [0.25, 0.3) is 0 Å². The highest BCUT2D eigenvalue weighted by atomic mass is 28.4. The van der Waals surface area contributed by atoms with Crippen molar-refractivity contribution < 1.29 is 14.0 Å². The Bertz CT molecular complexity index is 603. The van der Waals surface area contributed by atoms with E-state index in [9.17, 15) is 4.79 Å².